The van der Waals surface area contributed by atoms with Crippen LogP contribution in [0, 0.1) is 0 Å². The summed E-state index contributed by atoms with van der Waals surface area (Å²) in [5.74, 6) is 0. The summed E-state index contributed by atoms with van der Waals surface area (Å²) in [6.45, 7) is 4.29. The van der Waals surface area contributed by atoms with Gasteiger partial charge in [0.1, 0.15) is 0 Å². The van der Waals surface area contributed by atoms with Gasteiger partial charge in [0.2, 0.25) is 0 Å². The second kappa shape index (κ2) is 20.2. The Bertz CT molecular complexity index is 473. The van der Waals surface area contributed by atoms with Gasteiger partial charge in [0, 0.05) is 12.8 Å². The highest BCUT2D eigenvalue weighted by Gasteiger charge is 2.52. The second-order valence-electron chi connectivity index (χ2n) is 10.7. The Hall–Kier alpha value is -0.240. The minimum absolute atomic E-state index is 0.491. The molecule has 2 atom stereocenters. The summed E-state index contributed by atoms with van der Waals surface area (Å²) in [6.07, 6.45) is 30.2. The maximum absolute atomic E-state index is 11.9. The van der Waals surface area contributed by atoms with Crippen LogP contribution in [0.15, 0.2) is 12.2 Å². The van der Waals surface area contributed by atoms with Crippen molar-refractivity contribution in [2.75, 3.05) is 21.1 Å². The summed E-state index contributed by atoms with van der Waals surface area (Å²) in [7, 11) is 3.57. The highest BCUT2D eigenvalue weighted by molar-refractivity contribution is 7.38. The molecule has 0 spiro atoms. The number of nitrogens with zero attached hydrogens (tertiary/aromatic N) is 1. The molecule has 0 aliphatic carbocycles. The van der Waals surface area contributed by atoms with Gasteiger partial charge in [-0.1, -0.05) is 120 Å². The summed E-state index contributed by atoms with van der Waals surface area (Å²) in [5, 5.41) is -0.628. The molecule has 0 rings (SSSR count). The molecular formula is C28H57NO2P+. The monoisotopic (exact) mass is 470 g/mol. The molecule has 0 N–H and O–H groups in total. The van der Waals surface area contributed by atoms with Crippen LogP contribution in [0.3, 0.4) is 0 Å². The topological polar surface area (TPSA) is 40.1 Å². The van der Waals surface area contributed by atoms with E-state index < -0.39 is 13.3 Å². The largest absolute Gasteiger partial charge is 0.590 e. The van der Waals surface area contributed by atoms with Crippen LogP contribution in [-0.2, 0) is 4.57 Å². The van der Waals surface area contributed by atoms with E-state index in [1.54, 1.807) is 0 Å². The van der Waals surface area contributed by atoms with Gasteiger partial charge in [-0.25, -0.2) is 0 Å². The van der Waals surface area contributed by atoms with Gasteiger partial charge in [-0.2, -0.15) is 0 Å². The van der Waals surface area contributed by atoms with Crippen LogP contribution in [0.4, 0.5) is 0 Å². The Kier molecular flexibility index (Phi) is 20.0. The third kappa shape index (κ3) is 14.8. The molecule has 0 aliphatic rings. The van der Waals surface area contributed by atoms with Crippen molar-refractivity contribution in [3.8, 4) is 0 Å². The van der Waals surface area contributed by atoms with E-state index in [4.69, 9.17) is 0 Å². The van der Waals surface area contributed by atoms with E-state index in [2.05, 4.69) is 19.1 Å². The zero-order chi connectivity index (χ0) is 24.1. The minimum Gasteiger partial charge on any atom is -0.590 e. The molecule has 0 amide bonds. The first kappa shape index (κ1) is 31.8. The molecule has 2 unspecified atom stereocenters. The van der Waals surface area contributed by atoms with Crippen molar-refractivity contribution in [1.82, 2.24) is 0 Å². The van der Waals surface area contributed by atoms with Crippen molar-refractivity contribution in [1.29, 1.82) is 0 Å². The van der Waals surface area contributed by atoms with Crippen LogP contribution in [0.2, 0.25) is 0 Å². The SMILES string of the molecule is CCCCCCCCCCCCCCCCC/C=C\CCCC(CC)([P+](=O)[O-])[N+](C)(C)C. The van der Waals surface area contributed by atoms with E-state index in [9.17, 15) is 9.46 Å². The Morgan fingerprint density at radius 2 is 1.03 bits per heavy atom. The average molecular weight is 471 g/mol. The van der Waals surface area contributed by atoms with E-state index in [0.29, 0.717) is 10.9 Å². The van der Waals surface area contributed by atoms with Crippen molar-refractivity contribution >= 4 is 8.03 Å². The summed E-state index contributed by atoms with van der Waals surface area (Å²) in [4.78, 5) is 11.9. The van der Waals surface area contributed by atoms with Crippen LogP contribution in [0.25, 0.3) is 0 Å². The molecule has 3 nitrogen and oxygen atoms in total. The van der Waals surface area contributed by atoms with E-state index in [0.717, 1.165) is 19.3 Å². The molecule has 0 aromatic rings. The third-order valence-corrected chi connectivity index (χ3v) is 9.06. The van der Waals surface area contributed by atoms with Gasteiger partial charge in [0.25, 0.3) is 5.28 Å². The lowest BCUT2D eigenvalue weighted by Crippen LogP contribution is -2.55. The van der Waals surface area contributed by atoms with Gasteiger partial charge in [-0.15, -0.1) is 0 Å². The molecular weight excluding hydrogens is 413 g/mol. The molecule has 32 heavy (non-hydrogen) atoms. The average Bonchev–Trinajstić information content (AvgIpc) is 2.74. The fraction of sp³-hybridized carbons (Fsp3) is 0.929. The molecule has 0 saturated heterocycles. The van der Waals surface area contributed by atoms with Crippen molar-refractivity contribution in [3.63, 3.8) is 0 Å². The summed E-state index contributed by atoms with van der Waals surface area (Å²) in [6, 6.07) is 0. The predicted octanol–water partition coefficient (Wildman–Crippen LogP) is 8.89. The molecule has 0 saturated carbocycles. The minimum atomic E-state index is -2.43. The molecule has 4 heteroatoms. The molecule has 0 radical (unpaired) electrons. The standard InChI is InChI=1S/C28H57NO2P/c1-6-8-9-10-11-12-13-14-15-16-17-18-19-20-21-22-23-24-25-26-27-28(7-2,32(30)31)29(3,4)5/h23-24H,6-22,25-27H2,1-5H3/q+1/b24-23-. The molecule has 0 heterocycles. The van der Waals surface area contributed by atoms with Crippen LogP contribution >= 0.6 is 8.03 Å². The highest BCUT2D eigenvalue weighted by atomic mass is 31.1. The fourth-order valence-electron chi connectivity index (χ4n) is 4.82. The maximum atomic E-state index is 11.9. The predicted molar refractivity (Wildman–Crippen MR) is 141 cm³/mol. The highest BCUT2D eigenvalue weighted by Crippen LogP contribution is 2.44. The Labute approximate surface area is 202 Å². The van der Waals surface area contributed by atoms with E-state index in [-0.39, 0.29) is 0 Å². The van der Waals surface area contributed by atoms with Gasteiger partial charge in [-0.3, -0.25) is 4.48 Å². The fourth-order valence-corrected chi connectivity index (χ4v) is 5.91. The number of rotatable bonds is 23. The molecule has 0 bridgehead atoms. The number of allylic oxidation sites excluding steroid dienone is 2. The quantitative estimate of drug-likeness (QED) is 0.0647. The van der Waals surface area contributed by atoms with Crippen LogP contribution in [-0.4, -0.2) is 30.9 Å². The maximum Gasteiger partial charge on any atom is 0.376 e. The Morgan fingerprint density at radius 1 is 0.656 bits per heavy atom. The molecule has 190 valence electrons. The van der Waals surface area contributed by atoms with E-state index >= 15 is 0 Å². The summed E-state index contributed by atoms with van der Waals surface area (Å²) < 4.78 is 12.4. The van der Waals surface area contributed by atoms with Gasteiger partial charge in [0.15, 0.2) is 0 Å². The number of hydrogen-bond acceptors (Lipinski definition) is 2. The molecule has 0 aromatic carbocycles. The van der Waals surface area contributed by atoms with Crippen molar-refractivity contribution in [2.24, 2.45) is 0 Å². The van der Waals surface area contributed by atoms with Crippen molar-refractivity contribution in [3.05, 3.63) is 12.2 Å². The lowest BCUT2D eigenvalue weighted by Gasteiger charge is -2.39. The van der Waals surface area contributed by atoms with E-state index in [1.165, 1.54) is 103 Å². The molecule has 0 fully saturated rings. The van der Waals surface area contributed by atoms with Crippen molar-refractivity contribution < 1.29 is 13.9 Å². The zero-order valence-corrected chi connectivity index (χ0v) is 23.4. The third-order valence-electron chi connectivity index (χ3n) is 7.24. The van der Waals surface area contributed by atoms with Crippen LogP contribution < -0.4 is 4.89 Å². The lowest BCUT2D eigenvalue weighted by molar-refractivity contribution is -0.910. The van der Waals surface area contributed by atoms with E-state index in [1.807, 2.05) is 28.1 Å². The second-order valence-corrected chi connectivity index (χ2v) is 12.1. The Morgan fingerprint density at radius 3 is 1.38 bits per heavy atom. The number of quaternary nitrogens is 1. The van der Waals surface area contributed by atoms with Gasteiger partial charge in [-0.05, 0) is 25.7 Å². The van der Waals surface area contributed by atoms with Gasteiger partial charge < -0.3 is 4.89 Å². The normalized spacial score (nSPS) is 14.8. The summed E-state index contributed by atoms with van der Waals surface area (Å²) in [5.41, 5.74) is 0. The number of unbranched alkanes of at least 4 members (excludes halogenated alkanes) is 16. The molecule has 0 aliphatic heterocycles. The molecule has 0 aromatic heterocycles. The zero-order valence-electron chi connectivity index (χ0n) is 22.5. The first-order valence-electron chi connectivity index (χ1n) is 13.9. The summed E-state index contributed by atoms with van der Waals surface area (Å²) >= 11 is 0. The van der Waals surface area contributed by atoms with Crippen molar-refractivity contribution in [2.45, 2.75) is 148 Å². The van der Waals surface area contributed by atoms with Crippen LogP contribution in [0.1, 0.15) is 142 Å². The first-order valence-corrected chi connectivity index (χ1v) is 15.1. The number of hydrogen-bond donors (Lipinski definition) is 0. The lowest BCUT2D eigenvalue weighted by atomic mass is 10.0. The van der Waals surface area contributed by atoms with Gasteiger partial charge >= 0.3 is 8.03 Å². The van der Waals surface area contributed by atoms with Crippen LogP contribution in [0.5, 0.6) is 0 Å². The Balaban J connectivity index is 3.54. The van der Waals surface area contributed by atoms with Gasteiger partial charge in [0.05, 0.1) is 21.1 Å². The smallest absolute Gasteiger partial charge is 0.376 e. The first-order chi connectivity index (χ1) is 15.3.